The molecule has 0 spiro atoms. The molecule has 0 saturated carbocycles. The summed E-state index contributed by atoms with van der Waals surface area (Å²) in [6.45, 7) is 1.28. The number of nitrogens with zero attached hydrogens (tertiary/aromatic N) is 1. The molecule has 24 heavy (non-hydrogen) atoms. The lowest BCUT2D eigenvalue weighted by Gasteiger charge is -2.32. The van der Waals surface area contributed by atoms with Crippen molar-refractivity contribution in [1.82, 2.24) is 4.90 Å². The van der Waals surface area contributed by atoms with E-state index in [1.165, 1.54) is 5.57 Å². The Kier molecular flexibility index (Phi) is 5.88. The van der Waals surface area contributed by atoms with Gasteiger partial charge in [0.05, 0.1) is 6.26 Å². The van der Waals surface area contributed by atoms with Crippen LogP contribution < -0.4 is 0 Å². The molecule has 3 nitrogen and oxygen atoms in total. The van der Waals surface area contributed by atoms with Crippen LogP contribution in [-0.2, 0) is 9.47 Å². The molecule has 130 valence electrons. The predicted molar refractivity (Wildman–Crippen MR) is 98.8 cm³/mol. The zero-order valence-electron chi connectivity index (χ0n) is 14.1. The highest BCUT2D eigenvalue weighted by atomic mass is 35.5. The highest BCUT2D eigenvalue weighted by molar-refractivity contribution is 6.31. The Labute approximate surface area is 153 Å². The van der Waals surface area contributed by atoms with Crippen molar-refractivity contribution >= 4 is 23.2 Å². The van der Waals surface area contributed by atoms with Crippen molar-refractivity contribution in [2.24, 2.45) is 5.92 Å². The van der Waals surface area contributed by atoms with Gasteiger partial charge < -0.3 is 14.4 Å². The van der Waals surface area contributed by atoms with Crippen molar-refractivity contribution in [2.45, 2.75) is 25.4 Å². The fraction of sp³-hybridized carbons (Fsp3) is 0.474. The van der Waals surface area contributed by atoms with Crippen molar-refractivity contribution in [2.75, 3.05) is 27.4 Å². The van der Waals surface area contributed by atoms with Crippen LogP contribution in [0.1, 0.15) is 19.3 Å². The minimum atomic E-state index is -0.118. The Bertz CT molecular complexity index is 644. The van der Waals surface area contributed by atoms with Gasteiger partial charge in [-0.1, -0.05) is 23.2 Å². The highest BCUT2D eigenvalue weighted by Crippen LogP contribution is 2.42. The first-order chi connectivity index (χ1) is 11.5. The number of hydrogen-bond donors (Lipinski definition) is 0. The third-order valence-electron chi connectivity index (χ3n) is 4.50. The Balaban J connectivity index is 1.98. The van der Waals surface area contributed by atoms with E-state index in [1.54, 1.807) is 6.26 Å². The summed E-state index contributed by atoms with van der Waals surface area (Å²) < 4.78 is 11.4. The van der Waals surface area contributed by atoms with Crippen LogP contribution in [0.2, 0.25) is 0 Å². The summed E-state index contributed by atoms with van der Waals surface area (Å²) >= 11 is 12.7. The summed E-state index contributed by atoms with van der Waals surface area (Å²) in [5.74, 6) is 0.351. The van der Waals surface area contributed by atoms with Crippen LogP contribution in [0.5, 0.6) is 0 Å². The number of allylic oxidation sites excluding steroid dienone is 6. The van der Waals surface area contributed by atoms with Gasteiger partial charge in [0.1, 0.15) is 6.10 Å². The van der Waals surface area contributed by atoms with E-state index in [-0.39, 0.29) is 12.9 Å². The normalized spacial score (nSPS) is 26.6. The van der Waals surface area contributed by atoms with E-state index in [4.69, 9.17) is 32.7 Å². The molecule has 3 aliphatic rings. The molecule has 5 heteroatoms. The Morgan fingerprint density at radius 1 is 1.25 bits per heavy atom. The molecule has 0 amide bonds. The maximum atomic E-state index is 6.42. The molecule has 0 aromatic carbocycles. The van der Waals surface area contributed by atoms with Crippen LogP contribution in [0.4, 0.5) is 0 Å². The number of hydrogen-bond acceptors (Lipinski definition) is 3. The zero-order chi connectivity index (χ0) is 17.1. The van der Waals surface area contributed by atoms with Gasteiger partial charge in [0.15, 0.2) is 6.79 Å². The van der Waals surface area contributed by atoms with E-state index in [0.29, 0.717) is 5.92 Å². The molecular weight excluding hydrogens is 345 g/mol. The van der Waals surface area contributed by atoms with Gasteiger partial charge in [-0.15, -0.1) is 0 Å². The highest BCUT2D eigenvalue weighted by Gasteiger charge is 2.30. The first-order valence-electron chi connectivity index (χ1n) is 8.28. The van der Waals surface area contributed by atoms with Crippen LogP contribution in [0.25, 0.3) is 0 Å². The lowest BCUT2D eigenvalue weighted by Crippen LogP contribution is -2.24. The maximum Gasteiger partial charge on any atom is 0.189 e. The van der Waals surface area contributed by atoms with Crippen LogP contribution in [0, 0.1) is 5.92 Å². The van der Waals surface area contributed by atoms with Crippen LogP contribution in [0.15, 0.2) is 57.4 Å². The van der Waals surface area contributed by atoms with E-state index in [9.17, 15) is 0 Å². The molecule has 0 bridgehead atoms. The minimum absolute atomic E-state index is 0.118. The summed E-state index contributed by atoms with van der Waals surface area (Å²) in [4.78, 5) is 2.21. The molecule has 2 atom stereocenters. The van der Waals surface area contributed by atoms with Gasteiger partial charge in [-0.2, -0.15) is 0 Å². The second-order valence-electron chi connectivity index (χ2n) is 6.64. The van der Waals surface area contributed by atoms with Gasteiger partial charge in [0, 0.05) is 15.6 Å². The number of halogens is 2. The van der Waals surface area contributed by atoms with Gasteiger partial charge >= 0.3 is 0 Å². The summed E-state index contributed by atoms with van der Waals surface area (Å²) in [5, 5.41) is 1.61. The molecule has 0 fully saturated rings. The monoisotopic (exact) mass is 367 g/mol. The van der Waals surface area contributed by atoms with E-state index in [0.717, 1.165) is 47.0 Å². The lowest BCUT2D eigenvalue weighted by molar-refractivity contribution is -0.0285. The lowest BCUT2D eigenvalue weighted by atomic mass is 9.78. The molecule has 2 aliphatic carbocycles. The summed E-state index contributed by atoms with van der Waals surface area (Å²) in [6.07, 6.45) is 12.6. The standard InChI is InChI=1S/C19H23Cl2NO2/c1-22(2)7-3-4-13-8-16(21)9-14-11-23-12-24-18-6-5-15(20)10-17(18)19(13)14/h5-6,9-11,13,18H,3-4,7-8,12H2,1-2H3. The van der Waals surface area contributed by atoms with Crippen LogP contribution >= 0.6 is 23.2 Å². The van der Waals surface area contributed by atoms with Crippen LogP contribution in [0.3, 0.4) is 0 Å². The second-order valence-corrected chi connectivity index (χ2v) is 7.56. The van der Waals surface area contributed by atoms with Gasteiger partial charge in [0.2, 0.25) is 0 Å². The minimum Gasteiger partial charge on any atom is -0.474 e. The number of rotatable bonds is 4. The average molecular weight is 368 g/mol. The fourth-order valence-electron chi connectivity index (χ4n) is 3.45. The maximum absolute atomic E-state index is 6.42. The molecule has 0 saturated heterocycles. The van der Waals surface area contributed by atoms with Gasteiger partial charge in [0.25, 0.3) is 0 Å². The molecule has 0 aromatic rings. The van der Waals surface area contributed by atoms with E-state index < -0.39 is 0 Å². The molecule has 1 heterocycles. The average Bonchev–Trinajstić information content (AvgIpc) is 2.50. The molecular formula is C19H23Cl2NO2. The Morgan fingerprint density at radius 3 is 2.88 bits per heavy atom. The van der Waals surface area contributed by atoms with Crippen molar-refractivity contribution in [3.63, 3.8) is 0 Å². The molecule has 0 N–H and O–H groups in total. The predicted octanol–water partition coefficient (Wildman–Crippen LogP) is 4.72. The van der Waals surface area contributed by atoms with E-state index in [2.05, 4.69) is 19.0 Å². The molecule has 3 rings (SSSR count). The fourth-order valence-corrected chi connectivity index (χ4v) is 3.95. The summed E-state index contributed by atoms with van der Waals surface area (Å²) in [5.41, 5.74) is 3.43. The Hall–Kier alpha value is -1.00. The van der Waals surface area contributed by atoms with E-state index >= 15 is 0 Å². The van der Waals surface area contributed by atoms with E-state index in [1.807, 2.05) is 24.3 Å². The molecule has 0 aromatic heterocycles. The quantitative estimate of drug-likeness (QED) is 0.717. The van der Waals surface area contributed by atoms with Gasteiger partial charge in [-0.25, -0.2) is 0 Å². The SMILES string of the molecule is CN(C)CCCC1CC(Cl)=CC2=COCOC3C=CC(Cl)=CC3=C21. The van der Waals surface area contributed by atoms with Crippen LogP contribution in [-0.4, -0.2) is 38.4 Å². The van der Waals surface area contributed by atoms with Gasteiger partial charge in [-0.05, 0) is 81.3 Å². The van der Waals surface area contributed by atoms with Gasteiger partial charge in [-0.3, -0.25) is 0 Å². The number of fused-ring (bicyclic) bond motifs is 2. The first kappa shape index (κ1) is 17.8. The third kappa shape index (κ3) is 4.15. The van der Waals surface area contributed by atoms with Crippen molar-refractivity contribution in [3.05, 3.63) is 57.4 Å². The summed E-state index contributed by atoms with van der Waals surface area (Å²) in [7, 11) is 4.20. The van der Waals surface area contributed by atoms with Crippen molar-refractivity contribution in [3.8, 4) is 0 Å². The smallest absolute Gasteiger partial charge is 0.189 e. The zero-order valence-corrected chi connectivity index (χ0v) is 15.6. The third-order valence-corrected chi connectivity index (χ3v) is 5.00. The number of ether oxygens (including phenoxy) is 2. The molecule has 2 unspecified atom stereocenters. The second kappa shape index (κ2) is 7.92. The molecule has 0 radical (unpaired) electrons. The first-order valence-corrected chi connectivity index (χ1v) is 9.04. The van der Waals surface area contributed by atoms with Crippen molar-refractivity contribution < 1.29 is 9.47 Å². The largest absolute Gasteiger partial charge is 0.474 e. The van der Waals surface area contributed by atoms with Crippen molar-refractivity contribution in [1.29, 1.82) is 0 Å². The molecule has 1 aliphatic heterocycles. The topological polar surface area (TPSA) is 21.7 Å². The summed E-state index contributed by atoms with van der Waals surface area (Å²) in [6, 6.07) is 0. The Morgan fingerprint density at radius 2 is 2.08 bits per heavy atom.